The molecule has 2 aromatic carbocycles. The molecule has 0 N–H and O–H groups in total. The van der Waals surface area contributed by atoms with Crippen LogP contribution < -0.4 is 5.76 Å². The molecule has 3 rings (SSSR count). The van der Waals surface area contributed by atoms with Crippen LogP contribution >= 0.6 is 11.6 Å². The average Bonchev–Trinajstić information content (AvgIpc) is 2.76. The number of nitrogens with zero attached hydrogens (tertiary/aromatic N) is 1. The van der Waals surface area contributed by atoms with E-state index in [0.29, 0.717) is 16.7 Å². The van der Waals surface area contributed by atoms with E-state index in [2.05, 4.69) is 0 Å². The fourth-order valence-electron chi connectivity index (χ4n) is 2.33. The lowest BCUT2D eigenvalue weighted by atomic mass is 10.0. The summed E-state index contributed by atoms with van der Waals surface area (Å²) in [5.41, 5.74) is 3.34. The molecule has 0 fully saturated rings. The zero-order chi connectivity index (χ0) is 15.1. The van der Waals surface area contributed by atoms with Gasteiger partial charge < -0.3 is 4.42 Å². The van der Waals surface area contributed by atoms with Crippen molar-refractivity contribution in [1.82, 2.24) is 4.57 Å². The van der Waals surface area contributed by atoms with E-state index in [0.717, 1.165) is 11.1 Å². The van der Waals surface area contributed by atoms with E-state index >= 15 is 0 Å². The van der Waals surface area contributed by atoms with Crippen molar-refractivity contribution in [1.29, 1.82) is 0 Å². The van der Waals surface area contributed by atoms with Gasteiger partial charge in [0.2, 0.25) is 0 Å². The second-order valence-electron chi connectivity index (χ2n) is 5.03. The summed E-state index contributed by atoms with van der Waals surface area (Å²) in [4.78, 5) is 11.5. The van der Waals surface area contributed by atoms with Gasteiger partial charge in [-0.15, -0.1) is 11.6 Å². The molecule has 0 bridgehead atoms. The standard InChI is InChI=1S/C16H13ClFNO2/c1-9-7-10(3-5-12(9)18)15(17)11-4-6-13-14(8-11)21-16(20)19(13)2/h3-8,15H,1-2H3. The lowest BCUT2D eigenvalue weighted by Gasteiger charge is -2.11. The van der Waals surface area contributed by atoms with Crippen molar-refractivity contribution in [2.45, 2.75) is 12.3 Å². The van der Waals surface area contributed by atoms with Crippen molar-refractivity contribution in [2.75, 3.05) is 0 Å². The molecule has 0 aliphatic carbocycles. The van der Waals surface area contributed by atoms with Crippen LogP contribution in [0.1, 0.15) is 22.1 Å². The summed E-state index contributed by atoms with van der Waals surface area (Å²) in [7, 11) is 1.65. The van der Waals surface area contributed by atoms with Gasteiger partial charge in [-0.3, -0.25) is 4.57 Å². The third-order valence-electron chi connectivity index (χ3n) is 3.58. The van der Waals surface area contributed by atoms with Crippen LogP contribution in [0, 0.1) is 12.7 Å². The lowest BCUT2D eigenvalue weighted by molar-refractivity contribution is 0.528. The molecule has 5 heteroatoms. The number of rotatable bonds is 2. The molecule has 1 atom stereocenters. The van der Waals surface area contributed by atoms with Crippen LogP contribution in [0.3, 0.4) is 0 Å². The van der Waals surface area contributed by atoms with Gasteiger partial charge in [-0.05, 0) is 41.8 Å². The highest BCUT2D eigenvalue weighted by molar-refractivity contribution is 6.22. The molecule has 0 aliphatic rings. The number of aromatic nitrogens is 1. The van der Waals surface area contributed by atoms with Gasteiger partial charge in [-0.1, -0.05) is 18.2 Å². The van der Waals surface area contributed by atoms with E-state index < -0.39 is 11.1 Å². The highest BCUT2D eigenvalue weighted by Crippen LogP contribution is 2.31. The minimum absolute atomic E-state index is 0.257. The second kappa shape index (κ2) is 5.04. The molecular weight excluding hydrogens is 293 g/mol. The van der Waals surface area contributed by atoms with Crippen LogP contribution in [-0.2, 0) is 7.05 Å². The zero-order valence-electron chi connectivity index (χ0n) is 11.6. The topological polar surface area (TPSA) is 35.1 Å². The Bertz CT molecular complexity index is 882. The number of alkyl halides is 1. The molecule has 108 valence electrons. The molecule has 3 nitrogen and oxygen atoms in total. The molecule has 0 amide bonds. The summed E-state index contributed by atoms with van der Waals surface area (Å²) in [6.07, 6.45) is 0. The average molecular weight is 306 g/mol. The number of hydrogen-bond donors (Lipinski definition) is 0. The Labute approximate surface area is 125 Å². The maximum absolute atomic E-state index is 13.3. The Morgan fingerprint density at radius 3 is 2.57 bits per heavy atom. The van der Waals surface area contributed by atoms with E-state index in [4.69, 9.17) is 16.0 Å². The normalized spacial score (nSPS) is 12.8. The third-order valence-corrected chi connectivity index (χ3v) is 4.09. The van der Waals surface area contributed by atoms with Crippen molar-refractivity contribution < 1.29 is 8.81 Å². The number of halogens is 2. The first kappa shape index (κ1) is 13.9. The molecule has 21 heavy (non-hydrogen) atoms. The van der Waals surface area contributed by atoms with E-state index in [1.165, 1.54) is 10.6 Å². The number of aryl methyl sites for hydroxylation is 2. The van der Waals surface area contributed by atoms with Crippen molar-refractivity contribution in [3.63, 3.8) is 0 Å². The summed E-state index contributed by atoms with van der Waals surface area (Å²) in [6.45, 7) is 1.70. The fraction of sp³-hybridized carbons (Fsp3) is 0.188. The van der Waals surface area contributed by atoms with Crippen LogP contribution in [0.2, 0.25) is 0 Å². The zero-order valence-corrected chi connectivity index (χ0v) is 12.3. The van der Waals surface area contributed by atoms with Crippen molar-refractivity contribution in [2.24, 2.45) is 7.05 Å². The molecule has 0 spiro atoms. The largest absolute Gasteiger partial charge is 0.419 e. The Morgan fingerprint density at radius 1 is 1.19 bits per heavy atom. The smallest absolute Gasteiger partial charge is 0.408 e. The predicted molar refractivity (Wildman–Crippen MR) is 80.3 cm³/mol. The molecule has 0 saturated carbocycles. The molecule has 0 saturated heterocycles. The Kier molecular flexibility index (Phi) is 3.33. The predicted octanol–water partition coefficient (Wildman–Crippen LogP) is 3.91. The number of benzene rings is 2. The maximum atomic E-state index is 13.3. The highest BCUT2D eigenvalue weighted by Gasteiger charge is 2.15. The monoisotopic (exact) mass is 305 g/mol. The van der Waals surface area contributed by atoms with Gasteiger partial charge in [0.25, 0.3) is 0 Å². The molecule has 0 radical (unpaired) electrons. The van der Waals surface area contributed by atoms with E-state index in [9.17, 15) is 9.18 Å². The van der Waals surface area contributed by atoms with E-state index in [1.807, 2.05) is 6.07 Å². The van der Waals surface area contributed by atoms with Crippen LogP contribution in [0.25, 0.3) is 11.1 Å². The summed E-state index contributed by atoms with van der Waals surface area (Å²) < 4.78 is 19.9. The summed E-state index contributed by atoms with van der Waals surface area (Å²) >= 11 is 6.45. The lowest BCUT2D eigenvalue weighted by Crippen LogP contribution is -2.08. The number of hydrogen-bond acceptors (Lipinski definition) is 2. The van der Waals surface area contributed by atoms with Crippen molar-refractivity contribution in [3.8, 4) is 0 Å². The van der Waals surface area contributed by atoms with Gasteiger partial charge in [0, 0.05) is 7.05 Å². The van der Waals surface area contributed by atoms with E-state index in [-0.39, 0.29) is 5.82 Å². The van der Waals surface area contributed by atoms with Crippen LogP contribution in [0.5, 0.6) is 0 Å². The van der Waals surface area contributed by atoms with E-state index in [1.54, 1.807) is 38.2 Å². The molecule has 1 aromatic heterocycles. The first-order chi connectivity index (χ1) is 9.97. The maximum Gasteiger partial charge on any atom is 0.419 e. The molecular formula is C16H13ClFNO2. The Hall–Kier alpha value is -2.07. The van der Waals surface area contributed by atoms with Gasteiger partial charge in [-0.2, -0.15) is 0 Å². The minimum atomic E-state index is -0.431. The third kappa shape index (κ3) is 2.36. The van der Waals surface area contributed by atoms with Crippen LogP contribution in [0.4, 0.5) is 4.39 Å². The van der Waals surface area contributed by atoms with Gasteiger partial charge in [0.15, 0.2) is 5.58 Å². The van der Waals surface area contributed by atoms with Gasteiger partial charge in [0.1, 0.15) is 5.82 Å². The fourth-order valence-corrected chi connectivity index (χ4v) is 2.60. The molecule has 1 heterocycles. The van der Waals surface area contributed by atoms with Gasteiger partial charge in [-0.25, -0.2) is 9.18 Å². The summed E-state index contributed by atoms with van der Waals surface area (Å²) in [5.74, 6) is -0.668. The summed E-state index contributed by atoms with van der Waals surface area (Å²) in [5, 5.41) is -0.431. The molecule has 1 unspecified atom stereocenters. The van der Waals surface area contributed by atoms with Gasteiger partial charge >= 0.3 is 5.76 Å². The highest BCUT2D eigenvalue weighted by atomic mass is 35.5. The molecule has 0 aliphatic heterocycles. The van der Waals surface area contributed by atoms with Crippen molar-refractivity contribution in [3.05, 3.63) is 69.5 Å². The Morgan fingerprint density at radius 2 is 1.86 bits per heavy atom. The SMILES string of the molecule is Cc1cc(C(Cl)c2ccc3c(c2)oc(=O)n3C)ccc1F. The van der Waals surface area contributed by atoms with Gasteiger partial charge in [0.05, 0.1) is 10.9 Å². The first-order valence-corrected chi connectivity index (χ1v) is 6.90. The van der Waals surface area contributed by atoms with Crippen molar-refractivity contribution >= 4 is 22.7 Å². The van der Waals surface area contributed by atoms with Crippen LogP contribution in [0.15, 0.2) is 45.6 Å². The van der Waals surface area contributed by atoms with Crippen LogP contribution in [-0.4, -0.2) is 4.57 Å². The minimum Gasteiger partial charge on any atom is -0.408 e. The summed E-state index contributed by atoms with van der Waals surface area (Å²) in [6, 6.07) is 10.2. The number of oxazole rings is 1. The Balaban J connectivity index is 2.06. The first-order valence-electron chi connectivity index (χ1n) is 6.47. The second-order valence-corrected chi connectivity index (χ2v) is 5.46. The quantitative estimate of drug-likeness (QED) is 0.673. The molecule has 3 aromatic rings. The number of fused-ring (bicyclic) bond motifs is 1.